The van der Waals surface area contributed by atoms with Gasteiger partial charge < -0.3 is 10.1 Å². The fourth-order valence-corrected chi connectivity index (χ4v) is 3.75. The summed E-state index contributed by atoms with van der Waals surface area (Å²) in [7, 11) is 1.41. The second-order valence-corrected chi connectivity index (χ2v) is 7.28. The number of rotatable bonds is 3. The summed E-state index contributed by atoms with van der Waals surface area (Å²) in [4.78, 5) is 11.6. The van der Waals surface area contributed by atoms with E-state index in [1.807, 2.05) is 25.1 Å². The van der Waals surface area contributed by atoms with E-state index < -0.39 is 0 Å². The number of hydrogen-bond donors (Lipinski definition) is 1. The lowest BCUT2D eigenvalue weighted by molar-refractivity contribution is 0.0600. The zero-order valence-corrected chi connectivity index (χ0v) is 13.8. The molecule has 116 valence electrons. The number of benzene rings is 1. The molecule has 0 amide bonds. The third kappa shape index (κ3) is 3.99. The van der Waals surface area contributed by atoms with Crippen molar-refractivity contribution in [2.75, 3.05) is 12.4 Å². The molecule has 1 aromatic rings. The molecule has 2 atom stereocenters. The summed E-state index contributed by atoms with van der Waals surface area (Å²) in [5.41, 5.74) is 3.22. The van der Waals surface area contributed by atoms with Gasteiger partial charge in [0.05, 0.1) is 12.7 Å². The van der Waals surface area contributed by atoms with Crippen molar-refractivity contribution in [1.29, 1.82) is 0 Å². The highest BCUT2D eigenvalue weighted by Gasteiger charge is 2.32. The predicted octanol–water partition coefficient (Wildman–Crippen LogP) is 4.41. The number of anilines is 1. The molecule has 21 heavy (non-hydrogen) atoms. The first-order chi connectivity index (χ1) is 9.80. The molecule has 2 unspecified atom stereocenters. The molecular weight excluding hydrogens is 262 g/mol. The van der Waals surface area contributed by atoms with Gasteiger partial charge in [-0.2, -0.15) is 0 Å². The molecule has 0 bridgehead atoms. The number of aryl methyl sites for hydroxylation is 1. The summed E-state index contributed by atoms with van der Waals surface area (Å²) in [6.45, 7) is 9.07. The van der Waals surface area contributed by atoms with Crippen molar-refractivity contribution in [2.45, 2.75) is 53.0 Å². The van der Waals surface area contributed by atoms with E-state index >= 15 is 0 Å². The Morgan fingerprint density at radius 3 is 2.62 bits per heavy atom. The maximum Gasteiger partial charge on any atom is 0.337 e. The number of esters is 1. The first-order valence-corrected chi connectivity index (χ1v) is 7.76. The molecule has 0 spiro atoms. The van der Waals surface area contributed by atoms with Crippen LogP contribution in [-0.4, -0.2) is 19.1 Å². The molecule has 0 radical (unpaired) electrons. The SMILES string of the molecule is COC(=O)c1ccc(NC2CC(C)CC(C)(C)C2)c(C)c1. The number of nitrogens with one attached hydrogen (secondary N) is 1. The third-order valence-corrected chi connectivity index (χ3v) is 4.39. The largest absolute Gasteiger partial charge is 0.465 e. The maximum atomic E-state index is 11.6. The Morgan fingerprint density at radius 1 is 1.33 bits per heavy atom. The highest BCUT2D eigenvalue weighted by molar-refractivity contribution is 5.90. The minimum atomic E-state index is -0.280. The van der Waals surface area contributed by atoms with E-state index in [2.05, 4.69) is 26.1 Å². The van der Waals surface area contributed by atoms with Gasteiger partial charge in [-0.1, -0.05) is 20.8 Å². The lowest BCUT2D eigenvalue weighted by Crippen LogP contribution is -2.35. The van der Waals surface area contributed by atoms with Crippen LogP contribution in [0.4, 0.5) is 5.69 Å². The highest BCUT2D eigenvalue weighted by atomic mass is 16.5. The first-order valence-electron chi connectivity index (χ1n) is 7.76. The lowest BCUT2D eigenvalue weighted by Gasteiger charge is -2.39. The molecule has 1 aliphatic carbocycles. The van der Waals surface area contributed by atoms with Crippen LogP contribution < -0.4 is 5.32 Å². The highest BCUT2D eigenvalue weighted by Crippen LogP contribution is 2.39. The second kappa shape index (κ2) is 6.08. The van der Waals surface area contributed by atoms with Gasteiger partial charge in [0.15, 0.2) is 0 Å². The van der Waals surface area contributed by atoms with E-state index in [4.69, 9.17) is 4.74 Å². The lowest BCUT2D eigenvalue weighted by atomic mass is 9.70. The minimum absolute atomic E-state index is 0.280. The molecule has 1 aromatic carbocycles. The predicted molar refractivity (Wildman–Crippen MR) is 86.7 cm³/mol. The Hall–Kier alpha value is -1.51. The molecule has 2 rings (SSSR count). The van der Waals surface area contributed by atoms with Gasteiger partial charge in [-0.05, 0) is 61.3 Å². The summed E-state index contributed by atoms with van der Waals surface area (Å²) in [6, 6.07) is 6.23. The number of ether oxygens (including phenoxy) is 1. The van der Waals surface area contributed by atoms with Crippen LogP contribution in [0.1, 0.15) is 56.0 Å². The number of carbonyl (C=O) groups is 1. The Balaban J connectivity index is 2.11. The van der Waals surface area contributed by atoms with Gasteiger partial charge in [0, 0.05) is 11.7 Å². The van der Waals surface area contributed by atoms with E-state index in [9.17, 15) is 4.79 Å². The third-order valence-electron chi connectivity index (χ3n) is 4.39. The van der Waals surface area contributed by atoms with E-state index in [1.165, 1.54) is 26.4 Å². The van der Waals surface area contributed by atoms with E-state index in [0.717, 1.165) is 17.2 Å². The molecule has 3 heteroatoms. The summed E-state index contributed by atoms with van der Waals surface area (Å²) in [5, 5.41) is 3.67. The van der Waals surface area contributed by atoms with Crippen LogP contribution in [0.5, 0.6) is 0 Å². The molecular formula is C18H27NO2. The molecule has 1 aliphatic rings. The van der Waals surface area contributed by atoms with Crippen LogP contribution in [-0.2, 0) is 4.74 Å². The van der Waals surface area contributed by atoms with Gasteiger partial charge >= 0.3 is 5.97 Å². The number of methoxy groups -OCH3 is 1. The molecule has 0 saturated heterocycles. The molecule has 3 nitrogen and oxygen atoms in total. The summed E-state index contributed by atoms with van der Waals surface area (Å²) in [6.07, 6.45) is 3.70. The summed E-state index contributed by atoms with van der Waals surface area (Å²) in [5.74, 6) is 0.470. The van der Waals surface area contributed by atoms with Gasteiger partial charge in [0.2, 0.25) is 0 Å². The number of carbonyl (C=O) groups excluding carboxylic acids is 1. The van der Waals surface area contributed by atoms with Gasteiger partial charge in [-0.25, -0.2) is 4.79 Å². The van der Waals surface area contributed by atoms with Crippen molar-refractivity contribution in [3.63, 3.8) is 0 Å². The average molecular weight is 289 g/mol. The van der Waals surface area contributed by atoms with Crippen molar-refractivity contribution in [1.82, 2.24) is 0 Å². The minimum Gasteiger partial charge on any atom is -0.465 e. The van der Waals surface area contributed by atoms with Crippen molar-refractivity contribution in [3.05, 3.63) is 29.3 Å². The Kier molecular flexibility index (Phi) is 4.60. The van der Waals surface area contributed by atoms with E-state index in [-0.39, 0.29) is 5.97 Å². The molecule has 1 saturated carbocycles. The molecule has 0 aliphatic heterocycles. The van der Waals surface area contributed by atoms with Crippen LogP contribution in [0.25, 0.3) is 0 Å². The van der Waals surface area contributed by atoms with Crippen molar-refractivity contribution >= 4 is 11.7 Å². The summed E-state index contributed by atoms with van der Waals surface area (Å²) < 4.78 is 4.76. The van der Waals surface area contributed by atoms with Crippen LogP contribution in [0, 0.1) is 18.3 Å². The van der Waals surface area contributed by atoms with Crippen molar-refractivity contribution in [3.8, 4) is 0 Å². The van der Waals surface area contributed by atoms with Crippen molar-refractivity contribution in [2.24, 2.45) is 11.3 Å². The average Bonchev–Trinajstić information content (AvgIpc) is 2.37. The Labute approximate surface area is 128 Å². The molecule has 0 aromatic heterocycles. The molecule has 1 fully saturated rings. The van der Waals surface area contributed by atoms with Crippen molar-refractivity contribution < 1.29 is 9.53 Å². The van der Waals surface area contributed by atoms with Gasteiger partial charge in [-0.3, -0.25) is 0 Å². The van der Waals surface area contributed by atoms with Crippen LogP contribution >= 0.6 is 0 Å². The summed E-state index contributed by atoms with van der Waals surface area (Å²) >= 11 is 0. The van der Waals surface area contributed by atoms with E-state index in [1.54, 1.807) is 0 Å². The standard InChI is InChI=1S/C18H27NO2/c1-12-8-15(11-18(3,4)10-12)19-16-7-6-14(9-13(16)2)17(20)21-5/h6-7,9,12,15,19H,8,10-11H2,1-5H3. The first kappa shape index (κ1) is 15.9. The van der Waals surface area contributed by atoms with E-state index in [0.29, 0.717) is 17.0 Å². The van der Waals surface area contributed by atoms with Gasteiger partial charge in [-0.15, -0.1) is 0 Å². The van der Waals surface area contributed by atoms with Crippen LogP contribution in [0.3, 0.4) is 0 Å². The van der Waals surface area contributed by atoms with Crippen LogP contribution in [0.15, 0.2) is 18.2 Å². The molecule has 0 heterocycles. The maximum absolute atomic E-state index is 11.6. The molecule has 1 N–H and O–H groups in total. The Bertz CT molecular complexity index is 522. The smallest absolute Gasteiger partial charge is 0.337 e. The van der Waals surface area contributed by atoms with Crippen LogP contribution in [0.2, 0.25) is 0 Å². The fraction of sp³-hybridized carbons (Fsp3) is 0.611. The van der Waals surface area contributed by atoms with Gasteiger partial charge in [0.1, 0.15) is 0 Å². The fourth-order valence-electron chi connectivity index (χ4n) is 3.75. The zero-order chi connectivity index (χ0) is 15.6. The van der Waals surface area contributed by atoms with Gasteiger partial charge in [0.25, 0.3) is 0 Å². The quantitative estimate of drug-likeness (QED) is 0.838. The second-order valence-electron chi connectivity index (χ2n) is 7.28. The topological polar surface area (TPSA) is 38.3 Å². The Morgan fingerprint density at radius 2 is 2.05 bits per heavy atom. The normalized spacial score (nSPS) is 24.4. The monoisotopic (exact) mass is 289 g/mol. The zero-order valence-electron chi connectivity index (χ0n) is 13.8. The number of hydrogen-bond acceptors (Lipinski definition) is 3.